The maximum atomic E-state index is 3.68. The molecule has 0 unspecified atom stereocenters. The van der Waals surface area contributed by atoms with Gasteiger partial charge in [0.05, 0.1) is 0 Å². The molecule has 0 aliphatic heterocycles. The summed E-state index contributed by atoms with van der Waals surface area (Å²) >= 11 is 0. The van der Waals surface area contributed by atoms with Crippen LogP contribution in [0.3, 0.4) is 0 Å². The Bertz CT molecular complexity index is 145. The van der Waals surface area contributed by atoms with Crippen LogP contribution in [0, 0.1) is 0 Å². The van der Waals surface area contributed by atoms with Gasteiger partial charge in [-0.05, 0) is 38.5 Å². The van der Waals surface area contributed by atoms with Crippen LogP contribution in [-0.4, -0.2) is 0 Å². The standard InChI is InChI=1S/C10H18.C6H10/c1-3-5-7-9-10-8-6-4-2;1-3-5-6-4-2/h3-4H,1-2,5-10H2;3-4H,1-2,5-6H2. The third-order valence-corrected chi connectivity index (χ3v) is 2.14. The Morgan fingerprint density at radius 2 is 0.750 bits per heavy atom. The van der Waals surface area contributed by atoms with Crippen LogP contribution in [0.15, 0.2) is 50.6 Å². The first-order chi connectivity index (χ1) is 7.83. The van der Waals surface area contributed by atoms with Crippen LogP contribution in [0.5, 0.6) is 0 Å². The fourth-order valence-corrected chi connectivity index (χ4v) is 1.17. The highest BCUT2D eigenvalue weighted by Crippen LogP contribution is 2.05. The Morgan fingerprint density at radius 3 is 1.00 bits per heavy atom. The van der Waals surface area contributed by atoms with E-state index >= 15 is 0 Å². The predicted octanol–water partition coefficient (Wildman–Crippen LogP) is 5.84. The molecule has 0 amide bonds. The van der Waals surface area contributed by atoms with Crippen molar-refractivity contribution in [1.82, 2.24) is 0 Å². The van der Waals surface area contributed by atoms with Gasteiger partial charge in [0.15, 0.2) is 0 Å². The number of rotatable bonds is 10. The second kappa shape index (κ2) is 19.5. The molecule has 16 heavy (non-hydrogen) atoms. The summed E-state index contributed by atoms with van der Waals surface area (Å²) < 4.78 is 0. The van der Waals surface area contributed by atoms with Crippen LogP contribution in [0.25, 0.3) is 0 Å². The van der Waals surface area contributed by atoms with E-state index in [0.29, 0.717) is 0 Å². The lowest BCUT2D eigenvalue weighted by Crippen LogP contribution is -1.75. The van der Waals surface area contributed by atoms with E-state index < -0.39 is 0 Å². The summed E-state index contributed by atoms with van der Waals surface area (Å²) in [5.41, 5.74) is 0. The van der Waals surface area contributed by atoms with E-state index in [9.17, 15) is 0 Å². The minimum atomic E-state index is 1.06. The maximum Gasteiger partial charge on any atom is -0.0319 e. The molecule has 0 N–H and O–H groups in total. The van der Waals surface area contributed by atoms with E-state index in [2.05, 4.69) is 26.3 Å². The summed E-state index contributed by atoms with van der Waals surface area (Å²) in [6, 6.07) is 0. The minimum absolute atomic E-state index is 1.06. The van der Waals surface area contributed by atoms with Gasteiger partial charge in [-0.3, -0.25) is 0 Å². The molecule has 0 nitrogen and oxygen atoms in total. The van der Waals surface area contributed by atoms with Gasteiger partial charge in [-0.15, -0.1) is 26.3 Å². The molecule has 0 rings (SSSR count). The van der Waals surface area contributed by atoms with Crippen LogP contribution in [0.1, 0.15) is 51.4 Å². The van der Waals surface area contributed by atoms with Gasteiger partial charge >= 0.3 is 0 Å². The number of hydrogen-bond acceptors (Lipinski definition) is 0. The predicted molar refractivity (Wildman–Crippen MR) is 77.7 cm³/mol. The van der Waals surface area contributed by atoms with Gasteiger partial charge in [0.25, 0.3) is 0 Å². The van der Waals surface area contributed by atoms with Crippen LogP contribution < -0.4 is 0 Å². The van der Waals surface area contributed by atoms with Gasteiger partial charge < -0.3 is 0 Å². The molecule has 0 saturated heterocycles. The molecule has 0 spiro atoms. The Morgan fingerprint density at radius 1 is 0.438 bits per heavy atom. The maximum absolute atomic E-state index is 3.68. The zero-order valence-electron chi connectivity index (χ0n) is 10.8. The molecule has 0 atom stereocenters. The smallest absolute Gasteiger partial charge is 0.0319 e. The summed E-state index contributed by atoms with van der Waals surface area (Å²) in [6.07, 6.45) is 17.5. The first kappa shape index (κ1) is 17.4. The Balaban J connectivity index is 0. The molecule has 0 fully saturated rings. The van der Waals surface area contributed by atoms with Gasteiger partial charge in [0.1, 0.15) is 0 Å². The number of unbranched alkanes of at least 4 members (excludes halogenated alkanes) is 6. The lowest BCUT2D eigenvalue weighted by Gasteiger charge is -1.95. The highest BCUT2D eigenvalue weighted by molar-refractivity contribution is 4.74. The molecule has 0 bridgehead atoms. The van der Waals surface area contributed by atoms with Crippen molar-refractivity contribution in [3.8, 4) is 0 Å². The van der Waals surface area contributed by atoms with Crippen LogP contribution >= 0.6 is 0 Å². The van der Waals surface area contributed by atoms with Crippen LogP contribution in [-0.2, 0) is 0 Å². The molecule has 0 aliphatic rings. The molecule has 0 aromatic carbocycles. The highest BCUT2D eigenvalue weighted by atomic mass is 13.9. The monoisotopic (exact) mass is 220 g/mol. The van der Waals surface area contributed by atoms with E-state index in [-0.39, 0.29) is 0 Å². The summed E-state index contributed by atoms with van der Waals surface area (Å²) in [4.78, 5) is 0. The molecule has 92 valence electrons. The van der Waals surface area contributed by atoms with Crippen LogP contribution in [0.4, 0.5) is 0 Å². The first-order valence-electron chi connectivity index (χ1n) is 6.27. The molecular weight excluding hydrogens is 192 g/mol. The lowest BCUT2D eigenvalue weighted by molar-refractivity contribution is 0.653. The normalized spacial score (nSPS) is 8.50. The Hall–Kier alpha value is -1.04. The zero-order valence-corrected chi connectivity index (χ0v) is 10.8. The lowest BCUT2D eigenvalue weighted by atomic mass is 10.1. The number of hydrogen-bond donors (Lipinski definition) is 0. The quantitative estimate of drug-likeness (QED) is 0.320. The second-order valence-corrected chi connectivity index (χ2v) is 3.72. The third-order valence-electron chi connectivity index (χ3n) is 2.14. The van der Waals surface area contributed by atoms with Crippen molar-refractivity contribution in [1.29, 1.82) is 0 Å². The van der Waals surface area contributed by atoms with Crippen molar-refractivity contribution in [2.24, 2.45) is 0 Å². The van der Waals surface area contributed by atoms with Crippen molar-refractivity contribution in [3.05, 3.63) is 50.6 Å². The molecule has 0 heteroatoms. The molecule has 0 saturated carbocycles. The molecule has 0 aliphatic carbocycles. The Labute approximate surface area is 102 Å². The van der Waals surface area contributed by atoms with Crippen molar-refractivity contribution < 1.29 is 0 Å². The van der Waals surface area contributed by atoms with Gasteiger partial charge in [-0.2, -0.15) is 0 Å². The molecular formula is C16H28. The zero-order chi connectivity index (χ0) is 12.5. The van der Waals surface area contributed by atoms with Crippen molar-refractivity contribution in [3.63, 3.8) is 0 Å². The van der Waals surface area contributed by atoms with Crippen molar-refractivity contribution in [2.75, 3.05) is 0 Å². The Kier molecular flexibility index (Phi) is 21.2. The van der Waals surface area contributed by atoms with Gasteiger partial charge in [0, 0.05) is 0 Å². The second-order valence-electron chi connectivity index (χ2n) is 3.72. The summed E-state index contributed by atoms with van der Waals surface area (Å²) in [5, 5.41) is 0. The van der Waals surface area contributed by atoms with Gasteiger partial charge in [0.2, 0.25) is 0 Å². The van der Waals surface area contributed by atoms with E-state index in [0.717, 1.165) is 12.8 Å². The number of allylic oxidation sites excluding steroid dienone is 4. The minimum Gasteiger partial charge on any atom is -0.103 e. The van der Waals surface area contributed by atoms with E-state index in [1.165, 1.54) is 38.5 Å². The van der Waals surface area contributed by atoms with E-state index in [4.69, 9.17) is 0 Å². The summed E-state index contributed by atoms with van der Waals surface area (Å²) in [7, 11) is 0. The van der Waals surface area contributed by atoms with Crippen molar-refractivity contribution >= 4 is 0 Å². The SMILES string of the molecule is C=CCCC=C.C=CCCCCCCC=C. The van der Waals surface area contributed by atoms with E-state index in [1.807, 2.05) is 24.3 Å². The average molecular weight is 220 g/mol. The van der Waals surface area contributed by atoms with Crippen LogP contribution in [0.2, 0.25) is 0 Å². The topological polar surface area (TPSA) is 0 Å². The summed E-state index contributed by atoms with van der Waals surface area (Å²) in [5.74, 6) is 0. The highest BCUT2D eigenvalue weighted by Gasteiger charge is 1.85. The molecule has 0 aromatic rings. The van der Waals surface area contributed by atoms with Crippen molar-refractivity contribution in [2.45, 2.75) is 51.4 Å². The van der Waals surface area contributed by atoms with Gasteiger partial charge in [-0.1, -0.05) is 37.1 Å². The first-order valence-corrected chi connectivity index (χ1v) is 6.27. The fraction of sp³-hybridized carbons (Fsp3) is 0.500. The molecule has 0 heterocycles. The largest absolute Gasteiger partial charge is 0.103 e. The third kappa shape index (κ3) is 23.1. The molecule has 0 radical (unpaired) electrons. The van der Waals surface area contributed by atoms with E-state index in [1.54, 1.807) is 0 Å². The summed E-state index contributed by atoms with van der Waals surface area (Å²) in [6.45, 7) is 14.5. The molecule has 0 aromatic heterocycles. The average Bonchev–Trinajstić information content (AvgIpc) is 2.32. The van der Waals surface area contributed by atoms with Gasteiger partial charge in [-0.25, -0.2) is 0 Å². The fourth-order valence-electron chi connectivity index (χ4n) is 1.17.